The average Bonchev–Trinajstić information content (AvgIpc) is 2.58. The Morgan fingerprint density at radius 3 is 2.52 bits per heavy atom. The molecule has 1 aliphatic heterocycles. The van der Waals surface area contributed by atoms with Crippen molar-refractivity contribution in [3.05, 3.63) is 35.4 Å². The fourth-order valence-electron chi connectivity index (χ4n) is 2.77. The quantitative estimate of drug-likeness (QED) is 0.861. The SMILES string of the molecule is O=C(NCC(=O)N1CCCCC1C(=O)O)c1ccccc1C(F)(F)F. The van der Waals surface area contributed by atoms with Crippen LogP contribution in [0.1, 0.15) is 35.2 Å². The number of amides is 2. The highest BCUT2D eigenvalue weighted by molar-refractivity contribution is 5.98. The number of hydrogen-bond donors (Lipinski definition) is 2. The van der Waals surface area contributed by atoms with Crippen molar-refractivity contribution >= 4 is 17.8 Å². The second kappa shape index (κ2) is 7.54. The Balaban J connectivity index is 2.05. The van der Waals surface area contributed by atoms with Crippen molar-refractivity contribution in [3.63, 3.8) is 0 Å². The summed E-state index contributed by atoms with van der Waals surface area (Å²) in [4.78, 5) is 36.5. The van der Waals surface area contributed by atoms with Crippen LogP contribution < -0.4 is 5.32 Å². The lowest BCUT2D eigenvalue weighted by Gasteiger charge is -2.33. The molecule has 25 heavy (non-hydrogen) atoms. The van der Waals surface area contributed by atoms with Crippen molar-refractivity contribution in [2.24, 2.45) is 0 Å². The van der Waals surface area contributed by atoms with E-state index in [0.29, 0.717) is 19.3 Å². The van der Waals surface area contributed by atoms with E-state index in [-0.39, 0.29) is 6.54 Å². The first-order valence-electron chi connectivity index (χ1n) is 7.68. The standard InChI is InChI=1S/C16H17F3N2O4/c17-16(18,19)11-6-2-1-5-10(11)14(23)20-9-13(22)21-8-4-3-7-12(21)15(24)25/h1-2,5-6,12H,3-4,7-9H2,(H,20,23)(H,24,25). The van der Waals surface area contributed by atoms with Gasteiger partial charge in [0.25, 0.3) is 5.91 Å². The summed E-state index contributed by atoms with van der Waals surface area (Å²) < 4.78 is 38.8. The first-order chi connectivity index (χ1) is 11.7. The minimum atomic E-state index is -4.70. The molecule has 2 rings (SSSR count). The Morgan fingerprint density at radius 2 is 1.88 bits per heavy atom. The molecule has 1 unspecified atom stereocenters. The van der Waals surface area contributed by atoms with Gasteiger partial charge in [-0.25, -0.2) is 4.79 Å². The van der Waals surface area contributed by atoms with Crippen LogP contribution in [0.25, 0.3) is 0 Å². The minimum Gasteiger partial charge on any atom is -0.480 e. The average molecular weight is 358 g/mol. The summed E-state index contributed by atoms with van der Waals surface area (Å²) in [5.74, 6) is -2.81. The number of likely N-dealkylation sites (tertiary alicyclic amines) is 1. The van der Waals surface area contributed by atoms with Gasteiger partial charge in [0.05, 0.1) is 17.7 Å². The molecule has 0 saturated carbocycles. The highest BCUT2D eigenvalue weighted by atomic mass is 19.4. The predicted octanol–water partition coefficient (Wildman–Crippen LogP) is 1.90. The van der Waals surface area contributed by atoms with Gasteiger partial charge < -0.3 is 15.3 Å². The summed E-state index contributed by atoms with van der Waals surface area (Å²) in [6, 6.07) is 3.28. The molecule has 2 N–H and O–H groups in total. The number of hydrogen-bond acceptors (Lipinski definition) is 3. The number of piperidine rings is 1. The van der Waals surface area contributed by atoms with E-state index >= 15 is 0 Å². The molecule has 1 atom stereocenters. The van der Waals surface area contributed by atoms with Gasteiger partial charge in [0.15, 0.2) is 0 Å². The Labute approximate surface area is 141 Å². The minimum absolute atomic E-state index is 0.241. The first-order valence-corrected chi connectivity index (χ1v) is 7.68. The maximum absolute atomic E-state index is 12.9. The van der Waals surface area contributed by atoms with Crippen LogP contribution in [0, 0.1) is 0 Å². The van der Waals surface area contributed by atoms with Crippen LogP contribution in [0.3, 0.4) is 0 Å². The van der Waals surface area contributed by atoms with Gasteiger partial charge in [0.1, 0.15) is 6.04 Å². The summed E-state index contributed by atoms with van der Waals surface area (Å²) >= 11 is 0. The summed E-state index contributed by atoms with van der Waals surface area (Å²) in [6.07, 6.45) is -3.07. The van der Waals surface area contributed by atoms with Crippen LogP contribution in [0.15, 0.2) is 24.3 Å². The van der Waals surface area contributed by atoms with E-state index in [1.807, 2.05) is 0 Å². The normalized spacial score (nSPS) is 17.9. The Hall–Kier alpha value is -2.58. The number of benzene rings is 1. The van der Waals surface area contributed by atoms with E-state index in [1.165, 1.54) is 6.07 Å². The van der Waals surface area contributed by atoms with Gasteiger partial charge >= 0.3 is 12.1 Å². The van der Waals surface area contributed by atoms with Crippen molar-refractivity contribution in [3.8, 4) is 0 Å². The molecule has 9 heteroatoms. The predicted molar refractivity (Wildman–Crippen MR) is 80.8 cm³/mol. The van der Waals surface area contributed by atoms with Gasteiger partial charge in [-0.15, -0.1) is 0 Å². The summed E-state index contributed by atoms with van der Waals surface area (Å²) in [6.45, 7) is -0.320. The van der Waals surface area contributed by atoms with Crippen LogP contribution in [-0.2, 0) is 15.8 Å². The molecule has 1 heterocycles. The Morgan fingerprint density at radius 1 is 1.20 bits per heavy atom. The van der Waals surface area contributed by atoms with Crippen LogP contribution in [-0.4, -0.2) is 46.9 Å². The molecule has 2 amide bonds. The third-order valence-corrected chi connectivity index (χ3v) is 3.99. The van der Waals surface area contributed by atoms with E-state index < -0.39 is 47.7 Å². The van der Waals surface area contributed by atoms with Gasteiger partial charge in [-0.2, -0.15) is 13.2 Å². The van der Waals surface area contributed by atoms with Crippen molar-refractivity contribution in [2.75, 3.05) is 13.1 Å². The number of halogens is 3. The molecule has 1 aromatic rings. The van der Waals surface area contributed by atoms with Crippen LogP contribution in [0.2, 0.25) is 0 Å². The molecular weight excluding hydrogens is 341 g/mol. The summed E-state index contributed by atoms with van der Waals surface area (Å²) in [5.41, 5.74) is -1.68. The summed E-state index contributed by atoms with van der Waals surface area (Å²) in [7, 11) is 0. The van der Waals surface area contributed by atoms with Gasteiger partial charge in [-0.3, -0.25) is 9.59 Å². The third kappa shape index (κ3) is 4.49. The molecule has 0 radical (unpaired) electrons. The number of carbonyl (C=O) groups is 3. The smallest absolute Gasteiger partial charge is 0.417 e. The number of carboxylic acid groups (broad SMARTS) is 1. The number of carboxylic acids is 1. The van der Waals surface area contributed by atoms with Crippen molar-refractivity contribution in [1.82, 2.24) is 10.2 Å². The highest BCUT2D eigenvalue weighted by Gasteiger charge is 2.35. The van der Waals surface area contributed by atoms with Crippen molar-refractivity contribution < 1.29 is 32.7 Å². The lowest BCUT2D eigenvalue weighted by molar-refractivity contribution is -0.151. The zero-order chi connectivity index (χ0) is 18.6. The lowest BCUT2D eigenvalue weighted by Crippen LogP contribution is -2.51. The number of rotatable bonds is 4. The molecule has 6 nitrogen and oxygen atoms in total. The zero-order valence-electron chi connectivity index (χ0n) is 13.2. The van der Waals surface area contributed by atoms with E-state index in [1.54, 1.807) is 0 Å². The molecule has 1 saturated heterocycles. The van der Waals surface area contributed by atoms with Crippen LogP contribution >= 0.6 is 0 Å². The fraction of sp³-hybridized carbons (Fsp3) is 0.438. The molecule has 0 spiro atoms. The maximum Gasteiger partial charge on any atom is 0.417 e. The number of alkyl halides is 3. The second-order valence-corrected chi connectivity index (χ2v) is 5.66. The monoisotopic (exact) mass is 358 g/mol. The fourth-order valence-corrected chi connectivity index (χ4v) is 2.77. The van der Waals surface area contributed by atoms with E-state index in [0.717, 1.165) is 23.1 Å². The van der Waals surface area contributed by atoms with Crippen LogP contribution in [0.5, 0.6) is 0 Å². The Kier molecular flexibility index (Phi) is 5.66. The van der Waals surface area contributed by atoms with E-state index in [2.05, 4.69) is 5.32 Å². The number of nitrogens with zero attached hydrogens (tertiary/aromatic N) is 1. The largest absolute Gasteiger partial charge is 0.480 e. The maximum atomic E-state index is 12.9. The molecule has 1 aliphatic rings. The molecule has 0 aromatic heterocycles. The molecule has 0 aliphatic carbocycles. The van der Waals surface area contributed by atoms with E-state index in [9.17, 15) is 27.6 Å². The molecule has 136 valence electrons. The first kappa shape index (κ1) is 18.8. The molecule has 1 fully saturated rings. The van der Waals surface area contributed by atoms with Gasteiger partial charge in [-0.05, 0) is 31.4 Å². The highest BCUT2D eigenvalue weighted by Crippen LogP contribution is 2.31. The zero-order valence-corrected chi connectivity index (χ0v) is 13.2. The van der Waals surface area contributed by atoms with Crippen LogP contribution in [0.4, 0.5) is 13.2 Å². The van der Waals surface area contributed by atoms with Crippen molar-refractivity contribution in [2.45, 2.75) is 31.5 Å². The molecule has 1 aromatic carbocycles. The molecular formula is C16H17F3N2O4. The van der Waals surface area contributed by atoms with Crippen molar-refractivity contribution in [1.29, 1.82) is 0 Å². The molecule has 0 bridgehead atoms. The second-order valence-electron chi connectivity index (χ2n) is 5.66. The third-order valence-electron chi connectivity index (χ3n) is 3.99. The number of aliphatic carboxylic acids is 1. The van der Waals surface area contributed by atoms with Gasteiger partial charge in [-0.1, -0.05) is 12.1 Å². The summed E-state index contributed by atoms with van der Waals surface area (Å²) in [5, 5.41) is 11.3. The number of nitrogens with one attached hydrogen (secondary N) is 1. The Bertz CT molecular complexity index is 676. The van der Waals surface area contributed by atoms with Gasteiger partial charge in [0, 0.05) is 6.54 Å². The topological polar surface area (TPSA) is 86.7 Å². The van der Waals surface area contributed by atoms with E-state index in [4.69, 9.17) is 5.11 Å². The van der Waals surface area contributed by atoms with Gasteiger partial charge in [0.2, 0.25) is 5.91 Å². The number of carbonyl (C=O) groups excluding carboxylic acids is 2. The lowest BCUT2D eigenvalue weighted by atomic mass is 10.0.